The van der Waals surface area contributed by atoms with Crippen molar-refractivity contribution < 1.29 is 42.3 Å². The number of unbranched alkanes of at least 4 members (excludes halogenated alkanes) is 15. The fourth-order valence-electron chi connectivity index (χ4n) is 4.25. The highest BCUT2D eigenvalue weighted by Crippen LogP contribution is 2.15. The SMILES string of the molecule is CCCCCCCCCCCCCCCCCCN(C(=O)CCC(=O)OS(=O)O)C(CC(=O)O)C(=O)O. The molecule has 0 spiro atoms. The molecule has 0 saturated heterocycles. The Balaban J connectivity index is 4.22. The second-order valence-corrected chi connectivity index (χ2v) is 10.1. The minimum atomic E-state index is -2.81. The molecular weight excluding hydrogens is 502 g/mol. The van der Waals surface area contributed by atoms with Crippen LogP contribution < -0.4 is 0 Å². The average molecular weight is 550 g/mol. The van der Waals surface area contributed by atoms with Gasteiger partial charge in [-0.25, -0.2) is 4.79 Å². The van der Waals surface area contributed by atoms with E-state index in [-0.39, 0.29) is 6.54 Å². The van der Waals surface area contributed by atoms with Gasteiger partial charge in [0, 0.05) is 13.0 Å². The van der Waals surface area contributed by atoms with Crippen LogP contribution in [0.3, 0.4) is 0 Å². The molecule has 0 aromatic carbocycles. The summed E-state index contributed by atoms with van der Waals surface area (Å²) in [5.74, 6) is -4.59. The zero-order chi connectivity index (χ0) is 27.9. The largest absolute Gasteiger partial charge is 0.481 e. The van der Waals surface area contributed by atoms with Gasteiger partial charge in [0.15, 0.2) is 0 Å². The van der Waals surface area contributed by atoms with Gasteiger partial charge < -0.3 is 19.3 Å². The Bertz CT molecular complexity index is 687. The summed E-state index contributed by atoms with van der Waals surface area (Å²) in [7, 11) is 0. The van der Waals surface area contributed by atoms with Crippen LogP contribution in [0.15, 0.2) is 0 Å². The van der Waals surface area contributed by atoms with Crippen molar-refractivity contribution in [3.8, 4) is 0 Å². The number of carboxylic acids is 2. The molecule has 0 aliphatic rings. The zero-order valence-corrected chi connectivity index (χ0v) is 23.2. The van der Waals surface area contributed by atoms with Crippen molar-refractivity contribution in [2.24, 2.45) is 0 Å². The number of nitrogens with zero attached hydrogens (tertiary/aromatic N) is 1. The van der Waals surface area contributed by atoms with Crippen LogP contribution in [0.1, 0.15) is 129 Å². The molecule has 0 radical (unpaired) electrons. The molecule has 0 aliphatic heterocycles. The van der Waals surface area contributed by atoms with E-state index in [9.17, 15) is 28.5 Å². The zero-order valence-electron chi connectivity index (χ0n) is 22.4. The molecule has 3 N–H and O–H groups in total. The molecule has 2 unspecified atom stereocenters. The number of hydrogen-bond acceptors (Lipinski definition) is 6. The number of amides is 1. The van der Waals surface area contributed by atoms with Crippen molar-refractivity contribution in [3.63, 3.8) is 0 Å². The molecule has 0 aliphatic carbocycles. The Morgan fingerprint density at radius 1 is 0.730 bits per heavy atom. The second-order valence-electron chi connectivity index (χ2n) is 9.51. The van der Waals surface area contributed by atoms with E-state index in [0.717, 1.165) is 30.6 Å². The van der Waals surface area contributed by atoms with E-state index < -0.39 is 60.5 Å². The van der Waals surface area contributed by atoms with Gasteiger partial charge in [0.05, 0.1) is 12.8 Å². The maximum atomic E-state index is 12.6. The fraction of sp³-hybridized carbons (Fsp3) is 0.846. The van der Waals surface area contributed by atoms with Crippen molar-refractivity contribution in [1.29, 1.82) is 0 Å². The summed E-state index contributed by atoms with van der Waals surface area (Å²) in [6, 6.07) is -1.55. The van der Waals surface area contributed by atoms with Gasteiger partial charge in [0.1, 0.15) is 6.04 Å². The standard InChI is InChI=1S/C26H47NO9S/c1-2-3-4-5-6-7-8-9-10-11-12-13-14-15-16-17-20-27(22(26(32)33)21-24(29)30)23(28)18-19-25(31)36-37(34)35/h22H,2-21H2,1H3,(H,29,30)(H,32,33)(H,34,35). The van der Waals surface area contributed by atoms with Gasteiger partial charge in [-0.05, 0) is 6.42 Å². The molecular formula is C26H47NO9S. The summed E-state index contributed by atoms with van der Waals surface area (Å²) >= 11 is -2.81. The lowest BCUT2D eigenvalue weighted by Crippen LogP contribution is -2.46. The number of carbonyl (C=O) groups excluding carboxylic acids is 2. The molecule has 2 atom stereocenters. The van der Waals surface area contributed by atoms with E-state index in [1.807, 2.05) is 0 Å². The van der Waals surface area contributed by atoms with Gasteiger partial charge in [-0.2, -0.15) is 4.21 Å². The Morgan fingerprint density at radius 2 is 1.16 bits per heavy atom. The van der Waals surface area contributed by atoms with E-state index in [1.165, 1.54) is 70.6 Å². The van der Waals surface area contributed by atoms with E-state index >= 15 is 0 Å². The first kappa shape index (κ1) is 35.0. The summed E-state index contributed by atoms with van der Waals surface area (Å²) in [6.45, 7) is 2.29. The number of carbonyl (C=O) groups is 4. The summed E-state index contributed by atoms with van der Waals surface area (Å²) in [5, 5.41) is 18.5. The Labute approximate surface area is 224 Å². The predicted octanol–water partition coefficient (Wildman–Crippen LogP) is 5.46. The van der Waals surface area contributed by atoms with Gasteiger partial charge in [0.2, 0.25) is 5.91 Å². The minimum absolute atomic E-state index is 0.0580. The number of rotatable bonds is 25. The summed E-state index contributed by atoms with van der Waals surface area (Å²) < 4.78 is 23.1. The quantitative estimate of drug-likeness (QED) is 0.0992. The lowest BCUT2D eigenvalue weighted by molar-refractivity contribution is -0.155. The number of aliphatic carboxylic acids is 2. The van der Waals surface area contributed by atoms with Gasteiger partial charge in [-0.15, -0.1) is 0 Å². The van der Waals surface area contributed by atoms with Crippen molar-refractivity contribution in [3.05, 3.63) is 0 Å². The highest BCUT2D eigenvalue weighted by molar-refractivity contribution is 7.74. The Kier molecular flexibility index (Phi) is 21.9. The molecule has 37 heavy (non-hydrogen) atoms. The predicted molar refractivity (Wildman–Crippen MR) is 141 cm³/mol. The molecule has 0 heterocycles. The van der Waals surface area contributed by atoms with E-state index in [4.69, 9.17) is 9.66 Å². The lowest BCUT2D eigenvalue weighted by atomic mass is 10.0. The summed E-state index contributed by atoms with van der Waals surface area (Å²) in [5.41, 5.74) is 0. The van der Waals surface area contributed by atoms with Crippen LogP contribution >= 0.6 is 0 Å². The van der Waals surface area contributed by atoms with Crippen molar-refractivity contribution >= 4 is 35.2 Å². The van der Waals surface area contributed by atoms with Crippen molar-refractivity contribution in [2.75, 3.05) is 6.54 Å². The molecule has 10 nitrogen and oxygen atoms in total. The van der Waals surface area contributed by atoms with E-state index in [1.54, 1.807) is 0 Å². The Hall–Kier alpha value is -2.01. The topological polar surface area (TPSA) is 159 Å². The second kappa shape index (κ2) is 23.1. The van der Waals surface area contributed by atoms with Crippen LogP contribution in [0.5, 0.6) is 0 Å². The molecule has 0 saturated carbocycles. The highest BCUT2D eigenvalue weighted by atomic mass is 32.2. The van der Waals surface area contributed by atoms with Crippen LogP contribution in [-0.2, 0) is 34.7 Å². The maximum absolute atomic E-state index is 12.6. The Morgan fingerprint density at radius 3 is 1.54 bits per heavy atom. The lowest BCUT2D eigenvalue weighted by Gasteiger charge is -2.28. The highest BCUT2D eigenvalue weighted by Gasteiger charge is 2.31. The molecule has 0 aromatic heterocycles. The molecule has 1 amide bonds. The third-order valence-electron chi connectivity index (χ3n) is 6.31. The van der Waals surface area contributed by atoms with Gasteiger partial charge in [-0.3, -0.25) is 18.9 Å². The molecule has 0 fully saturated rings. The maximum Gasteiger partial charge on any atom is 0.360 e. The number of hydrogen-bond donors (Lipinski definition) is 3. The van der Waals surface area contributed by atoms with Crippen LogP contribution in [0.4, 0.5) is 0 Å². The van der Waals surface area contributed by atoms with Crippen LogP contribution in [0.25, 0.3) is 0 Å². The molecule has 0 bridgehead atoms. The average Bonchev–Trinajstić information content (AvgIpc) is 2.82. The molecule has 0 aromatic rings. The van der Waals surface area contributed by atoms with E-state index in [0.29, 0.717) is 6.42 Å². The first-order valence-corrected chi connectivity index (χ1v) is 14.8. The first-order chi connectivity index (χ1) is 17.7. The van der Waals surface area contributed by atoms with Crippen LogP contribution in [-0.4, -0.2) is 60.3 Å². The van der Waals surface area contributed by atoms with Gasteiger partial charge >= 0.3 is 29.3 Å². The molecule has 216 valence electrons. The third kappa shape index (κ3) is 20.7. The van der Waals surface area contributed by atoms with Crippen molar-refractivity contribution in [2.45, 2.75) is 135 Å². The normalized spacial score (nSPS) is 12.6. The van der Waals surface area contributed by atoms with Crippen LogP contribution in [0.2, 0.25) is 0 Å². The smallest absolute Gasteiger partial charge is 0.360 e. The monoisotopic (exact) mass is 549 g/mol. The summed E-state index contributed by atoms with van der Waals surface area (Å²) in [6.07, 6.45) is 17.0. The third-order valence-corrected chi connectivity index (χ3v) is 6.64. The van der Waals surface area contributed by atoms with E-state index in [2.05, 4.69) is 11.1 Å². The molecule has 11 heteroatoms. The summed E-state index contributed by atoms with van der Waals surface area (Å²) in [4.78, 5) is 47.7. The minimum Gasteiger partial charge on any atom is -0.481 e. The fourth-order valence-corrected chi connectivity index (χ4v) is 4.50. The first-order valence-electron chi connectivity index (χ1n) is 13.7. The van der Waals surface area contributed by atoms with Gasteiger partial charge in [-0.1, -0.05) is 103 Å². The number of carboxylic acid groups (broad SMARTS) is 2. The molecule has 0 rings (SSSR count). The van der Waals surface area contributed by atoms with Gasteiger partial charge in [0.25, 0.3) is 0 Å². The van der Waals surface area contributed by atoms with Crippen LogP contribution in [0, 0.1) is 0 Å². The van der Waals surface area contributed by atoms with Crippen molar-refractivity contribution in [1.82, 2.24) is 4.90 Å².